The highest BCUT2D eigenvalue weighted by Gasteiger charge is 2.49. The topological polar surface area (TPSA) is 108 Å². The highest BCUT2D eigenvalue weighted by Crippen LogP contribution is 2.36. The van der Waals surface area contributed by atoms with Crippen LogP contribution in [0.2, 0.25) is 0 Å². The van der Waals surface area contributed by atoms with E-state index in [-0.39, 0.29) is 29.8 Å². The Balaban J connectivity index is 1.67. The number of hydrogen-bond donors (Lipinski definition) is 1. The van der Waals surface area contributed by atoms with Crippen molar-refractivity contribution in [1.82, 2.24) is 9.88 Å². The maximum Gasteiger partial charge on any atom is 0.416 e. The van der Waals surface area contributed by atoms with Gasteiger partial charge in [-0.1, -0.05) is 12.1 Å². The van der Waals surface area contributed by atoms with E-state index in [1.807, 2.05) is 0 Å². The minimum absolute atomic E-state index is 0.0458. The predicted molar refractivity (Wildman–Crippen MR) is 103 cm³/mol. The number of nitrogens with zero attached hydrogens (tertiary/aromatic N) is 3. The first-order valence-corrected chi connectivity index (χ1v) is 9.55. The normalized spacial score (nSPS) is 20.8. The van der Waals surface area contributed by atoms with E-state index in [1.54, 1.807) is 12.1 Å². The van der Waals surface area contributed by atoms with E-state index in [1.165, 1.54) is 19.1 Å². The molecule has 8 nitrogen and oxygen atoms in total. The average molecular weight is 447 g/mol. The first kappa shape index (κ1) is 21.5. The fraction of sp³-hybridized carbons (Fsp3) is 0.286. The summed E-state index contributed by atoms with van der Waals surface area (Å²) in [7, 11) is 0. The molecule has 0 radical (unpaired) electrons. The van der Waals surface area contributed by atoms with Gasteiger partial charge in [-0.25, -0.2) is 9.78 Å². The van der Waals surface area contributed by atoms with Crippen molar-refractivity contribution in [2.24, 2.45) is 5.92 Å². The molecule has 0 saturated carbocycles. The maximum absolute atomic E-state index is 13.2. The zero-order valence-electron chi connectivity index (χ0n) is 16.6. The number of alkyl halides is 3. The Morgan fingerprint density at radius 1 is 1.12 bits per heavy atom. The van der Waals surface area contributed by atoms with E-state index in [0.29, 0.717) is 11.0 Å². The molecule has 4 rings (SSSR count). The smallest absolute Gasteiger partial charge is 0.416 e. The van der Waals surface area contributed by atoms with Crippen LogP contribution in [0.4, 0.5) is 19.0 Å². The average Bonchev–Trinajstić information content (AvgIpc) is 3.17. The van der Waals surface area contributed by atoms with Crippen LogP contribution in [0.3, 0.4) is 0 Å². The summed E-state index contributed by atoms with van der Waals surface area (Å²) in [5.41, 5.74) is -0.780. The first-order valence-electron chi connectivity index (χ1n) is 9.55. The lowest BCUT2D eigenvalue weighted by atomic mass is 9.99. The van der Waals surface area contributed by atoms with Crippen molar-refractivity contribution in [2.45, 2.75) is 25.6 Å². The van der Waals surface area contributed by atoms with Crippen molar-refractivity contribution in [2.75, 3.05) is 11.4 Å². The zero-order valence-corrected chi connectivity index (χ0v) is 16.6. The van der Waals surface area contributed by atoms with Crippen LogP contribution in [-0.4, -0.2) is 51.3 Å². The molecule has 1 aromatic heterocycles. The molecule has 0 aliphatic carbocycles. The fourth-order valence-electron chi connectivity index (χ4n) is 4.12. The summed E-state index contributed by atoms with van der Waals surface area (Å²) in [6.45, 7) is 0.925. The molecule has 0 unspecified atom stereocenters. The van der Waals surface area contributed by atoms with Gasteiger partial charge in [-0.05, 0) is 31.2 Å². The third kappa shape index (κ3) is 3.49. The molecule has 1 fully saturated rings. The number of fused-ring (bicyclic) bond motifs is 1. The number of carbonyl (C=O) groups excluding carboxylic acids is 3. The fourth-order valence-corrected chi connectivity index (χ4v) is 4.12. The van der Waals surface area contributed by atoms with E-state index in [2.05, 4.69) is 4.98 Å². The van der Waals surface area contributed by atoms with Gasteiger partial charge in [0.15, 0.2) is 0 Å². The molecule has 1 N–H and O–H groups in total. The SMILES string of the molecule is Cc1cc(C(F)(F)F)cc(N2C(=O)C[C@H](CN3C(=O)c4ccccc4C3=O)[C@H]2C(=O)O)n1. The van der Waals surface area contributed by atoms with Crippen LogP contribution in [-0.2, 0) is 15.8 Å². The third-order valence-corrected chi connectivity index (χ3v) is 5.49. The highest BCUT2D eigenvalue weighted by atomic mass is 19.4. The zero-order chi connectivity index (χ0) is 23.4. The summed E-state index contributed by atoms with van der Waals surface area (Å²) < 4.78 is 39.7. The lowest BCUT2D eigenvalue weighted by Gasteiger charge is -2.26. The van der Waals surface area contributed by atoms with E-state index in [4.69, 9.17) is 0 Å². The number of benzene rings is 1. The number of aliphatic carboxylic acids is 1. The van der Waals surface area contributed by atoms with Crippen LogP contribution in [0.5, 0.6) is 0 Å². The van der Waals surface area contributed by atoms with Crippen LogP contribution in [0.15, 0.2) is 36.4 Å². The minimum atomic E-state index is -4.72. The Hall–Kier alpha value is -3.76. The van der Waals surface area contributed by atoms with Crippen LogP contribution >= 0.6 is 0 Å². The van der Waals surface area contributed by atoms with Gasteiger partial charge in [0.05, 0.1) is 16.7 Å². The van der Waals surface area contributed by atoms with Gasteiger partial charge < -0.3 is 5.11 Å². The summed E-state index contributed by atoms with van der Waals surface area (Å²) in [5, 5.41) is 9.78. The number of carboxylic acid groups (broad SMARTS) is 1. The molecule has 0 spiro atoms. The lowest BCUT2D eigenvalue weighted by molar-refractivity contribution is -0.139. The largest absolute Gasteiger partial charge is 0.480 e. The van der Waals surface area contributed by atoms with Crippen molar-refractivity contribution in [3.63, 3.8) is 0 Å². The second-order valence-electron chi connectivity index (χ2n) is 7.63. The molecule has 2 aromatic rings. The molecule has 11 heteroatoms. The second-order valence-corrected chi connectivity index (χ2v) is 7.63. The molecule has 166 valence electrons. The third-order valence-electron chi connectivity index (χ3n) is 5.49. The maximum atomic E-state index is 13.2. The second kappa shape index (κ2) is 7.43. The number of anilines is 1. The van der Waals surface area contributed by atoms with Crippen LogP contribution in [0.1, 0.15) is 38.4 Å². The number of aromatic nitrogens is 1. The molecule has 3 amide bonds. The molecule has 0 bridgehead atoms. The van der Waals surface area contributed by atoms with E-state index < -0.39 is 53.2 Å². The summed E-state index contributed by atoms with van der Waals surface area (Å²) in [6.07, 6.45) is -5.09. The van der Waals surface area contributed by atoms with Crippen molar-refractivity contribution in [3.05, 3.63) is 58.8 Å². The summed E-state index contributed by atoms with van der Waals surface area (Å²) in [6, 6.07) is 5.90. The molecule has 3 heterocycles. The summed E-state index contributed by atoms with van der Waals surface area (Å²) >= 11 is 0. The first-order chi connectivity index (χ1) is 15.0. The Morgan fingerprint density at radius 2 is 1.72 bits per heavy atom. The molecule has 32 heavy (non-hydrogen) atoms. The van der Waals surface area contributed by atoms with Crippen LogP contribution < -0.4 is 4.90 Å². The quantitative estimate of drug-likeness (QED) is 0.722. The van der Waals surface area contributed by atoms with Gasteiger partial charge in [0, 0.05) is 24.6 Å². The molecule has 2 atom stereocenters. The van der Waals surface area contributed by atoms with Crippen molar-refractivity contribution < 1.29 is 37.5 Å². The van der Waals surface area contributed by atoms with Gasteiger partial charge in [0.1, 0.15) is 11.9 Å². The standard InChI is InChI=1S/C21H16F3N3O5/c1-10-6-12(21(22,23)24)8-15(25-10)27-16(28)7-11(17(27)20(31)32)9-26-18(29)13-4-2-3-5-14(13)19(26)30/h2-6,8,11,17H,7,9H2,1H3,(H,31,32)/t11-,17+/m1/s1. The van der Waals surface area contributed by atoms with Gasteiger partial charge in [0.2, 0.25) is 5.91 Å². The number of aryl methyl sites for hydroxylation is 1. The summed E-state index contributed by atoms with van der Waals surface area (Å²) in [5.74, 6) is -4.94. The monoisotopic (exact) mass is 447 g/mol. The van der Waals surface area contributed by atoms with Crippen molar-refractivity contribution >= 4 is 29.5 Å². The Kier molecular flexibility index (Phi) is 4.99. The number of hydrogen-bond acceptors (Lipinski definition) is 5. The Labute approximate surface area is 179 Å². The van der Waals surface area contributed by atoms with Crippen molar-refractivity contribution in [3.8, 4) is 0 Å². The lowest BCUT2D eigenvalue weighted by Crippen LogP contribution is -2.46. The van der Waals surface area contributed by atoms with Gasteiger partial charge in [-0.2, -0.15) is 13.2 Å². The van der Waals surface area contributed by atoms with Crippen LogP contribution in [0, 0.1) is 12.8 Å². The molecular formula is C21H16F3N3O5. The van der Waals surface area contributed by atoms with E-state index in [0.717, 1.165) is 11.0 Å². The number of carboxylic acids is 1. The van der Waals surface area contributed by atoms with E-state index in [9.17, 15) is 37.5 Å². The number of pyridine rings is 1. The Morgan fingerprint density at radius 3 is 2.25 bits per heavy atom. The molecule has 1 saturated heterocycles. The number of carbonyl (C=O) groups is 4. The number of imide groups is 1. The van der Waals surface area contributed by atoms with Gasteiger partial charge in [-0.3, -0.25) is 24.2 Å². The minimum Gasteiger partial charge on any atom is -0.480 e. The van der Waals surface area contributed by atoms with Crippen LogP contribution in [0.25, 0.3) is 0 Å². The van der Waals surface area contributed by atoms with Gasteiger partial charge >= 0.3 is 12.1 Å². The summed E-state index contributed by atoms with van der Waals surface area (Å²) in [4.78, 5) is 55.5. The van der Waals surface area contributed by atoms with Crippen molar-refractivity contribution in [1.29, 1.82) is 0 Å². The highest BCUT2D eigenvalue weighted by molar-refractivity contribution is 6.21. The predicted octanol–water partition coefficient (Wildman–Crippen LogP) is 2.51. The number of rotatable bonds is 4. The van der Waals surface area contributed by atoms with E-state index >= 15 is 0 Å². The molecule has 1 aromatic carbocycles. The molecule has 2 aliphatic rings. The van der Waals surface area contributed by atoms with Gasteiger partial charge in [-0.15, -0.1) is 0 Å². The number of amides is 3. The Bertz CT molecular complexity index is 1130. The molecular weight excluding hydrogens is 431 g/mol. The number of halogens is 3. The van der Waals surface area contributed by atoms with Gasteiger partial charge in [0.25, 0.3) is 11.8 Å². The molecule has 2 aliphatic heterocycles.